The highest BCUT2D eigenvalue weighted by molar-refractivity contribution is 14.1. The summed E-state index contributed by atoms with van der Waals surface area (Å²) in [5.74, 6) is 0. The van der Waals surface area contributed by atoms with Crippen molar-refractivity contribution >= 4 is 33.5 Å². The van der Waals surface area contributed by atoms with E-state index < -0.39 is 0 Å². The first-order valence-electron chi connectivity index (χ1n) is 4.85. The molecule has 0 unspecified atom stereocenters. The number of rotatable bonds is 2. The van der Waals surface area contributed by atoms with Gasteiger partial charge < -0.3 is 0 Å². The van der Waals surface area contributed by atoms with Crippen LogP contribution >= 0.6 is 22.6 Å². The number of pyridine rings is 1. The summed E-state index contributed by atoms with van der Waals surface area (Å²) in [6, 6.07) is 10.5. The average Bonchev–Trinajstić information content (AvgIpc) is 2.19. The molecule has 1 aromatic carbocycles. The summed E-state index contributed by atoms with van der Waals surface area (Å²) in [4.78, 5) is 4.66. The molecule has 2 aromatic rings. The van der Waals surface area contributed by atoms with Crippen LogP contribution in [0.3, 0.4) is 0 Å². The molecule has 0 amide bonds. The zero-order valence-corrected chi connectivity index (χ0v) is 10.3. The van der Waals surface area contributed by atoms with E-state index >= 15 is 0 Å². The zero-order chi connectivity index (χ0) is 9.97. The monoisotopic (exact) mass is 297 g/mol. The van der Waals surface area contributed by atoms with Crippen LogP contribution < -0.4 is 0 Å². The zero-order valence-electron chi connectivity index (χ0n) is 8.13. The first-order valence-corrected chi connectivity index (χ1v) is 5.93. The molecular formula is C12H12IN. The lowest BCUT2D eigenvalue weighted by Crippen LogP contribution is -1.94. The number of fused-ring (bicyclic) bond motifs is 1. The summed E-state index contributed by atoms with van der Waals surface area (Å²) in [5, 5.41) is 1.23. The van der Waals surface area contributed by atoms with Crippen molar-refractivity contribution in [1.29, 1.82) is 0 Å². The van der Waals surface area contributed by atoms with Crippen LogP contribution in [-0.2, 0) is 6.42 Å². The molecule has 0 bridgehead atoms. The van der Waals surface area contributed by atoms with Gasteiger partial charge in [-0.2, -0.15) is 0 Å². The first-order chi connectivity index (χ1) is 6.81. The van der Waals surface area contributed by atoms with Crippen LogP contribution in [0.1, 0.15) is 19.0 Å². The Morgan fingerprint density at radius 3 is 2.86 bits per heavy atom. The Morgan fingerprint density at radius 1 is 1.29 bits per heavy atom. The fourth-order valence-electron chi connectivity index (χ4n) is 1.54. The maximum atomic E-state index is 4.66. The standard InChI is InChI=1S/C12H12IN/c1-2-5-12-10(13)8-9-6-3-4-7-11(9)14-12/h3-4,6-8H,2,5H2,1H3. The summed E-state index contributed by atoms with van der Waals surface area (Å²) in [6.07, 6.45) is 2.23. The van der Waals surface area contributed by atoms with Gasteiger partial charge in [-0.3, -0.25) is 4.98 Å². The van der Waals surface area contributed by atoms with Crippen LogP contribution in [0, 0.1) is 3.57 Å². The van der Waals surface area contributed by atoms with E-state index in [1.165, 1.54) is 14.7 Å². The minimum absolute atomic E-state index is 1.07. The van der Waals surface area contributed by atoms with Gasteiger partial charge in [0.05, 0.1) is 11.2 Å². The Labute approximate surface area is 97.7 Å². The largest absolute Gasteiger partial charge is 0.252 e. The van der Waals surface area contributed by atoms with Crippen molar-refractivity contribution in [3.8, 4) is 0 Å². The lowest BCUT2D eigenvalue weighted by atomic mass is 10.1. The van der Waals surface area contributed by atoms with Gasteiger partial charge in [-0.25, -0.2) is 0 Å². The molecule has 0 atom stereocenters. The van der Waals surface area contributed by atoms with Crippen molar-refractivity contribution in [2.24, 2.45) is 0 Å². The fourth-order valence-corrected chi connectivity index (χ4v) is 2.27. The first kappa shape index (κ1) is 9.90. The van der Waals surface area contributed by atoms with Crippen molar-refractivity contribution < 1.29 is 0 Å². The minimum atomic E-state index is 1.07. The van der Waals surface area contributed by atoms with Gasteiger partial charge in [-0.1, -0.05) is 31.5 Å². The molecule has 14 heavy (non-hydrogen) atoms. The molecule has 1 aromatic heterocycles. The van der Waals surface area contributed by atoms with Gasteiger partial charge in [0.2, 0.25) is 0 Å². The number of nitrogens with zero attached hydrogens (tertiary/aromatic N) is 1. The number of aromatic nitrogens is 1. The molecule has 0 N–H and O–H groups in total. The van der Waals surface area contributed by atoms with Crippen LogP contribution in [0.4, 0.5) is 0 Å². The van der Waals surface area contributed by atoms with Crippen molar-refractivity contribution in [2.75, 3.05) is 0 Å². The summed E-state index contributed by atoms with van der Waals surface area (Å²) in [7, 11) is 0. The molecule has 0 aliphatic heterocycles. The van der Waals surface area contributed by atoms with E-state index in [-0.39, 0.29) is 0 Å². The van der Waals surface area contributed by atoms with Gasteiger partial charge in [0.15, 0.2) is 0 Å². The van der Waals surface area contributed by atoms with Crippen LogP contribution in [0.15, 0.2) is 30.3 Å². The maximum Gasteiger partial charge on any atom is 0.0706 e. The molecule has 0 radical (unpaired) electrons. The molecule has 1 nitrogen and oxygen atoms in total. The van der Waals surface area contributed by atoms with Crippen molar-refractivity contribution in [3.05, 3.63) is 39.6 Å². The lowest BCUT2D eigenvalue weighted by Gasteiger charge is -2.04. The predicted molar refractivity (Wildman–Crippen MR) is 68.5 cm³/mol. The number of benzene rings is 1. The molecule has 0 saturated carbocycles. The highest BCUT2D eigenvalue weighted by atomic mass is 127. The molecule has 72 valence electrons. The second-order valence-corrected chi connectivity index (χ2v) is 4.52. The summed E-state index contributed by atoms with van der Waals surface area (Å²) in [6.45, 7) is 2.19. The SMILES string of the molecule is CCCc1nc2ccccc2cc1I. The van der Waals surface area contributed by atoms with Gasteiger partial charge in [0.25, 0.3) is 0 Å². The van der Waals surface area contributed by atoms with Crippen molar-refractivity contribution in [2.45, 2.75) is 19.8 Å². The molecular weight excluding hydrogens is 285 g/mol. The van der Waals surface area contributed by atoms with E-state index in [9.17, 15) is 0 Å². The Morgan fingerprint density at radius 2 is 2.07 bits per heavy atom. The third-order valence-corrected chi connectivity index (χ3v) is 3.17. The van der Waals surface area contributed by atoms with Gasteiger partial charge >= 0.3 is 0 Å². The highest BCUT2D eigenvalue weighted by Crippen LogP contribution is 2.19. The second kappa shape index (κ2) is 4.26. The molecule has 0 fully saturated rings. The third-order valence-electron chi connectivity index (χ3n) is 2.24. The smallest absolute Gasteiger partial charge is 0.0706 e. The lowest BCUT2D eigenvalue weighted by molar-refractivity contribution is 0.883. The topological polar surface area (TPSA) is 12.9 Å². The third kappa shape index (κ3) is 1.90. The Bertz CT molecular complexity index is 451. The molecule has 0 aliphatic rings. The minimum Gasteiger partial charge on any atom is -0.252 e. The molecule has 0 saturated heterocycles. The fraction of sp³-hybridized carbons (Fsp3) is 0.250. The van der Waals surface area contributed by atoms with Crippen molar-refractivity contribution in [3.63, 3.8) is 0 Å². The molecule has 2 rings (SSSR count). The molecule has 2 heteroatoms. The number of hydrogen-bond acceptors (Lipinski definition) is 1. The van der Waals surface area contributed by atoms with Gasteiger partial charge in [0, 0.05) is 8.96 Å². The highest BCUT2D eigenvalue weighted by Gasteiger charge is 2.02. The summed E-state index contributed by atoms with van der Waals surface area (Å²) in [5.41, 5.74) is 2.34. The molecule has 1 heterocycles. The van der Waals surface area contributed by atoms with E-state index in [1.54, 1.807) is 0 Å². The maximum absolute atomic E-state index is 4.66. The molecule has 0 spiro atoms. The van der Waals surface area contributed by atoms with Crippen LogP contribution in [0.2, 0.25) is 0 Å². The Hall–Kier alpha value is -0.640. The van der Waals surface area contributed by atoms with E-state index in [2.05, 4.69) is 58.8 Å². The summed E-state index contributed by atoms with van der Waals surface area (Å²) < 4.78 is 1.28. The Balaban J connectivity index is 2.59. The predicted octanol–water partition coefficient (Wildman–Crippen LogP) is 3.79. The van der Waals surface area contributed by atoms with Crippen LogP contribution in [0.5, 0.6) is 0 Å². The number of hydrogen-bond donors (Lipinski definition) is 0. The van der Waals surface area contributed by atoms with E-state index in [1.807, 2.05) is 6.07 Å². The van der Waals surface area contributed by atoms with Crippen molar-refractivity contribution in [1.82, 2.24) is 4.98 Å². The van der Waals surface area contributed by atoms with Gasteiger partial charge in [0.1, 0.15) is 0 Å². The molecule has 0 aliphatic carbocycles. The number of aryl methyl sites for hydroxylation is 1. The van der Waals surface area contributed by atoms with Crippen LogP contribution in [0.25, 0.3) is 10.9 Å². The number of halogens is 1. The van der Waals surface area contributed by atoms with E-state index in [0.29, 0.717) is 0 Å². The second-order valence-electron chi connectivity index (χ2n) is 3.36. The quantitative estimate of drug-likeness (QED) is 0.769. The van der Waals surface area contributed by atoms with Crippen LogP contribution in [-0.4, -0.2) is 4.98 Å². The Kier molecular flexibility index (Phi) is 3.01. The normalized spacial score (nSPS) is 10.7. The van der Waals surface area contributed by atoms with E-state index in [4.69, 9.17) is 0 Å². The van der Waals surface area contributed by atoms with E-state index in [0.717, 1.165) is 18.4 Å². The number of para-hydroxylation sites is 1. The van der Waals surface area contributed by atoms with Gasteiger partial charge in [-0.05, 0) is 41.1 Å². The summed E-state index contributed by atoms with van der Waals surface area (Å²) >= 11 is 2.37. The van der Waals surface area contributed by atoms with Gasteiger partial charge in [-0.15, -0.1) is 0 Å². The average molecular weight is 297 g/mol.